The van der Waals surface area contributed by atoms with Crippen LogP contribution < -0.4 is 0 Å². The highest BCUT2D eigenvalue weighted by Gasteiger charge is 2.27. The fourth-order valence-electron chi connectivity index (χ4n) is 2.52. The van der Waals surface area contributed by atoms with Gasteiger partial charge >= 0.3 is 0 Å². The van der Waals surface area contributed by atoms with E-state index in [1.54, 1.807) is 0 Å². The van der Waals surface area contributed by atoms with Gasteiger partial charge < -0.3 is 9.47 Å². The van der Waals surface area contributed by atoms with Gasteiger partial charge in [0.15, 0.2) is 12.1 Å². The molecule has 0 N–H and O–H groups in total. The van der Waals surface area contributed by atoms with Gasteiger partial charge in [0, 0.05) is 5.92 Å². The van der Waals surface area contributed by atoms with Crippen molar-refractivity contribution in [2.75, 3.05) is 13.2 Å². The van der Waals surface area contributed by atoms with E-state index in [2.05, 4.69) is 0 Å². The lowest BCUT2D eigenvalue weighted by atomic mass is 10.0. The number of ketones is 1. The van der Waals surface area contributed by atoms with Crippen LogP contribution in [0, 0.1) is 5.92 Å². The molecule has 1 aliphatic heterocycles. The molecule has 2 fully saturated rings. The van der Waals surface area contributed by atoms with E-state index in [9.17, 15) is 4.79 Å². The summed E-state index contributed by atoms with van der Waals surface area (Å²) >= 11 is 1.53. The van der Waals surface area contributed by atoms with E-state index < -0.39 is 0 Å². The molecule has 0 bridgehead atoms. The molecule has 0 spiro atoms. The van der Waals surface area contributed by atoms with Crippen molar-refractivity contribution >= 4 is 17.1 Å². The summed E-state index contributed by atoms with van der Waals surface area (Å²) in [5.74, 6) is 0.573. The zero-order valence-electron chi connectivity index (χ0n) is 9.69. The highest BCUT2D eigenvalue weighted by atomic mass is 32.1. The summed E-state index contributed by atoms with van der Waals surface area (Å²) in [6, 6.07) is 3.88. The summed E-state index contributed by atoms with van der Waals surface area (Å²) in [5, 5.41) is 0. The van der Waals surface area contributed by atoms with Crippen LogP contribution in [0.5, 0.6) is 0 Å². The van der Waals surface area contributed by atoms with Crippen LogP contribution in [-0.2, 0) is 9.47 Å². The number of rotatable bonds is 3. The highest BCUT2D eigenvalue weighted by molar-refractivity contribution is 7.14. The molecular formula is C13H16O3S. The first-order valence-corrected chi connectivity index (χ1v) is 7.03. The van der Waals surface area contributed by atoms with Gasteiger partial charge in [0.2, 0.25) is 0 Å². The molecule has 1 saturated heterocycles. The van der Waals surface area contributed by atoms with Gasteiger partial charge in [0.1, 0.15) is 0 Å². The Labute approximate surface area is 105 Å². The summed E-state index contributed by atoms with van der Waals surface area (Å²) in [6.07, 6.45) is 4.27. The molecule has 1 aliphatic carbocycles. The minimum Gasteiger partial charge on any atom is -0.345 e. The van der Waals surface area contributed by atoms with E-state index in [-0.39, 0.29) is 12.2 Å². The second kappa shape index (κ2) is 4.88. The largest absolute Gasteiger partial charge is 0.345 e. The van der Waals surface area contributed by atoms with Crippen molar-refractivity contribution in [2.24, 2.45) is 5.92 Å². The van der Waals surface area contributed by atoms with Crippen molar-refractivity contribution in [3.63, 3.8) is 0 Å². The Hall–Kier alpha value is -0.710. The number of Topliss-reactive ketones (excluding diaryl/α,β-unsaturated/α-hetero) is 1. The first kappa shape index (κ1) is 11.4. The van der Waals surface area contributed by atoms with E-state index in [1.165, 1.54) is 24.2 Å². The van der Waals surface area contributed by atoms with Crippen LogP contribution in [0.15, 0.2) is 12.1 Å². The van der Waals surface area contributed by atoms with E-state index >= 15 is 0 Å². The molecule has 2 heterocycles. The summed E-state index contributed by atoms with van der Waals surface area (Å²) in [7, 11) is 0. The minimum absolute atomic E-state index is 0.245. The molecule has 0 unspecified atom stereocenters. The molecule has 4 heteroatoms. The predicted octanol–water partition coefficient (Wildman–Crippen LogP) is 3.17. The molecule has 0 atom stereocenters. The molecule has 0 aromatic carbocycles. The Bertz CT molecular complexity index is 401. The summed E-state index contributed by atoms with van der Waals surface area (Å²) in [4.78, 5) is 14.1. The lowest BCUT2D eigenvalue weighted by Crippen LogP contribution is -2.08. The quantitative estimate of drug-likeness (QED) is 0.775. The van der Waals surface area contributed by atoms with Gasteiger partial charge in [0.25, 0.3) is 0 Å². The van der Waals surface area contributed by atoms with Crippen molar-refractivity contribution in [1.82, 2.24) is 0 Å². The highest BCUT2D eigenvalue weighted by Crippen LogP contribution is 2.34. The average Bonchev–Trinajstić information content (AvgIpc) is 3.09. The fourth-order valence-corrected chi connectivity index (χ4v) is 3.55. The summed E-state index contributed by atoms with van der Waals surface area (Å²) in [5.41, 5.74) is 0. The van der Waals surface area contributed by atoms with Crippen molar-refractivity contribution in [3.05, 3.63) is 21.9 Å². The number of hydrogen-bond donors (Lipinski definition) is 0. The zero-order chi connectivity index (χ0) is 11.7. The average molecular weight is 252 g/mol. The monoisotopic (exact) mass is 252 g/mol. The Balaban J connectivity index is 1.72. The molecule has 0 amide bonds. The van der Waals surface area contributed by atoms with Gasteiger partial charge in [-0.25, -0.2) is 0 Å². The summed E-state index contributed by atoms with van der Waals surface area (Å²) in [6.45, 7) is 1.29. The Morgan fingerprint density at radius 3 is 2.59 bits per heavy atom. The van der Waals surface area contributed by atoms with Gasteiger partial charge in [0.05, 0.1) is 23.0 Å². The minimum atomic E-state index is -0.245. The third kappa shape index (κ3) is 2.30. The molecule has 3 nitrogen and oxygen atoms in total. The van der Waals surface area contributed by atoms with Gasteiger partial charge in [-0.3, -0.25) is 4.79 Å². The molecule has 2 aliphatic rings. The Morgan fingerprint density at radius 2 is 1.88 bits per heavy atom. The SMILES string of the molecule is O=C(c1ccc(C2OCCO2)s1)C1CCCC1. The van der Waals surface area contributed by atoms with Crippen molar-refractivity contribution < 1.29 is 14.3 Å². The van der Waals surface area contributed by atoms with Gasteiger partial charge in [-0.05, 0) is 25.0 Å². The third-order valence-electron chi connectivity index (χ3n) is 3.45. The zero-order valence-corrected chi connectivity index (χ0v) is 10.5. The summed E-state index contributed by atoms with van der Waals surface area (Å²) < 4.78 is 10.9. The standard InChI is InChI=1S/C13H16O3S/c14-12(9-3-1-2-4-9)10-5-6-11(17-10)13-15-7-8-16-13/h5-6,9,13H,1-4,7-8H2. The van der Waals surface area contributed by atoms with Crippen LogP contribution >= 0.6 is 11.3 Å². The second-order valence-corrected chi connectivity index (χ2v) is 5.74. The van der Waals surface area contributed by atoms with Gasteiger partial charge in [-0.2, -0.15) is 0 Å². The molecule has 3 rings (SSSR count). The molecule has 17 heavy (non-hydrogen) atoms. The molecular weight excluding hydrogens is 236 g/mol. The first-order chi connectivity index (χ1) is 8.34. The number of carbonyl (C=O) groups excluding carboxylic acids is 1. The van der Waals surface area contributed by atoms with Crippen LogP contribution in [0.3, 0.4) is 0 Å². The lowest BCUT2D eigenvalue weighted by Gasteiger charge is -2.06. The van der Waals surface area contributed by atoms with E-state index in [4.69, 9.17) is 9.47 Å². The second-order valence-electron chi connectivity index (χ2n) is 4.62. The van der Waals surface area contributed by atoms with Crippen LogP contribution in [-0.4, -0.2) is 19.0 Å². The molecule has 1 aromatic rings. The normalized spacial score (nSPS) is 22.4. The number of thiophene rings is 1. The van der Waals surface area contributed by atoms with Crippen LogP contribution in [0.1, 0.15) is 46.5 Å². The maximum atomic E-state index is 12.2. The van der Waals surface area contributed by atoms with E-state index in [1.807, 2.05) is 12.1 Å². The predicted molar refractivity (Wildman–Crippen MR) is 65.3 cm³/mol. The molecule has 1 aromatic heterocycles. The topological polar surface area (TPSA) is 35.5 Å². The van der Waals surface area contributed by atoms with E-state index in [0.29, 0.717) is 19.0 Å². The van der Waals surface area contributed by atoms with Crippen molar-refractivity contribution in [1.29, 1.82) is 0 Å². The van der Waals surface area contributed by atoms with Crippen LogP contribution in [0.2, 0.25) is 0 Å². The Morgan fingerprint density at radius 1 is 1.18 bits per heavy atom. The van der Waals surface area contributed by atoms with E-state index in [0.717, 1.165) is 22.6 Å². The van der Waals surface area contributed by atoms with Crippen molar-refractivity contribution in [3.8, 4) is 0 Å². The fraction of sp³-hybridized carbons (Fsp3) is 0.615. The number of ether oxygens (including phenoxy) is 2. The Kier molecular flexibility index (Phi) is 3.27. The molecule has 92 valence electrons. The lowest BCUT2D eigenvalue weighted by molar-refractivity contribution is -0.0413. The van der Waals surface area contributed by atoms with Gasteiger partial charge in [-0.15, -0.1) is 11.3 Å². The third-order valence-corrected chi connectivity index (χ3v) is 4.57. The van der Waals surface area contributed by atoms with Crippen molar-refractivity contribution in [2.45, 2.75) is 32.0 Å². The smallest absolute Gasteiger partial charge is 0.193 e. The van der Waals surface area contributed by atoms with Crippen LogP contribution in [0.4, 0.5) is 0 Å². The van der Waals surface area contributed by atoms with Gasteiger partial charge in [-0.1, -0.05) is 12.8 Å². The maximum Gasteiger partial charge on any atom is 0.193 e. The molecule has 1 saturated carbocycles. The number of carbonyl (C=O) groups is 1. The maximum absolute atomic E-state index is 12.2. The van der Waals surface area contributed by atoms with Crippen LogP contribution in [0.25, 0.3) is 0 Å². The first-order valence-electron chi connectivity index (χ1n) is 6.22. The number of hydrogen-bond acceptors (Lipinski definition) is 4. The molecule has 0 radical (unpaired) electrons.